The van der Waals surface area contributed by atoms with Gasteiger partial charge in [-0.1, -0.05) is 6.92 Å². The van der Waals surface area contributed by atoms with Crippen molar-refractivity contribution in [2.24, 2.45) is 5.92 Å². The van der Waals surface area contributed by atoms with Crippen LogP contribution in [0.15, 0.2) is 0 Å². The highest BCUT2D eigenvalue weighted by molar-refractivity contribution is 5.83. The molecule has 0 aromatic heterocycles. The fourth-order valence-corrected chi connectivity index (χ4v) is 2.06. The molecule has 0 aromatic carbocycles. The number of aliphatic carboxylic acids is 1. The van der Waals surface area contributed by atoms with Gasteiger partial charge < -0.3 is 20.1 Å². The second kappa shape index (κ2) is 7.22. The molecule has 1 aliphatic rings. The van der Waals surface area contributed by atoms with E-state index in [-0.39, 0.29) is 19.1 Å². The van der Waals surface area contributed by atoms with Crippen molar-refractivity contribution >= 4 is 12.0 Å². The molecule has 1 rings (SSSR count). The van der Waals surface area contributed by atoms with Crippen LogP contribution in [0.5, 0.6) is 0 Å². The molecule has 2 atom stereocenters. The largest absolute Gasteiger partial charge is 0.480 e. The molecular weight excluding hydrogens is 262 g/mol. The Bertz CT molecular complexity index is 328. The molecule has 8 heteroatoms. The summed E-state index contributed by atoms with van der Waals surface area (Å²) < 4.78 is 28.1. The van der Waals surface area contributed by atoms with E-state index in [1.165, 1.54) is 4.90 Å². The van der Waals surface area contributed by atoms with Crippen LogP contribution in [0.2, 0.25) is 0 Å². The van der Waals surface area contributed by atoms with Crippen molar-refractivity contribution in [3.8, 4) is 0 Å². The summed E-state index contributed by atoms with van der Waals surface area (Å²) in [5.74, 6) is -1.13. The van der Waals surface area contributed by atoms with Crippen LogP contribution in [-0.4, -0.2) is 60.8 Å². The third kappa shape index (κ3) is 4.62. The topological polar surface area (TPSA) is 78.9 Å². The van der Waals surface area contributed by atoms with Gasteiger partial charge in [0, 0.05) is 13.1 Å². The van der Waals surface area contributed by atoms with Crippen molar-refractivity contribution in [2.75, 3.05) is 26.3 Å². The zero-order chi connectivity index (χ0) is 14.4. The van der Waals surface area contributed by atoms with Crippen LogP contribution in [0.1, 0.15) is 13.3 Å². The quantitative estimate of drug-likeness (QED) is 0.704. The minimum absolute atomic E-state index is 0.0305. The predicted molar refractivity (Wildman–Crippen MR) is 62.1 cm³/mol. The van der Waals surface area contributed by atoms with Gasteiger partial charge in [-0.3, -0.25) is 0 Å². The zero-order valence-corrected chi connectivity index (χ0v) is 10.6. The number of hydrogen-bond acceptors (Lipinski definition) is 3. The molecule has 0 aliphatic carbocycles. The number of carbonyl (C=O) groups is 2. The standard InChI is InChI=1S/C11H18F2N2O4/c1-7-2-4-15(9(7)10(16)17)11(18)14-3-5-19-6-8(12)13/h7-9H,2-6H2,1H3,(H,14,18)(H,16,17). The first kappa shape index (κ1) is 15.6. The Morgan fingerprint density at radius 2 is 2.21 bits per heavy atom. The van der Waals surface area contributed by atoms with Crippen molar-refractivity contribution in [1.29, 1.82) is 0 Å². The smallest absolute Gasteiger partial charge is 0.326 e. The Morgan fingerprint density at radius 3 is 2.79 bits per heavy atom. The SMILES string of the molecule is CC1CCN(C(=O)NCCOCC(F)F)C1C(=O)O. The van der Waals surface area contributed by atoms with Gasteiger partial charge in [0.25, 0.3) is 6.43 Å². The highest BCUT2D eigenvalue weighted by Gasteiger charge is 2.39. The summed E-state index contributed by atoms with van der Waals surface area (Å²) in [6.45, 7) is 1.52. The Hall–Kier alpha value is -1.44. The monoisotopic (exact) mass is 280 g/mol. The molecule has 110 valence electrons. The average Bonchev–Trinajstić information content (AvgIpc) is 2.70. The van der Waals surface area contributed by atoms with E-state index >= 15 is 0 Å². The van der Waals surface area contributed by atoms with E-state index in [1.54, 1.807) is 6.92 Å². The first-order valence-corrected chi connectivity index (χ1v) is 6.06. The van der Waals surface area contributed by atoms with E-state index in [1.807, 2.05) is 0 Å². The summed E-state index contributed by atoms with van der Waals surface area (Å²) in [6, 6.07) is -1.33. The molecule has 2 unspecified atom stereocenters. The number of halogens is 2. The summed E-state index contributed by atoms with van der Waals surface area (Å²) in [6.07, 6.45) is -1.90. The number of alkyl halides is 2. The number of nitrogens with zero attached hydrogens (tertiary/aromatic N) is 1. The van der Waals surface area contributed by atoms with Crippen molar-refractivity contribution in [3.63, 3.8) is 0 Å². The number of amides is 2. The molecule has 0 aromatic rings. The van der Waals surface area contributed by atoms with Crippen LogP contribution in [0, 0.1) is 5.92 Å². The first-order valence-electron chi connectivity index (χ1n) is 6.06. The van der Waals surface area contributed by atoms with E-state index < -0.39 is 31.1 Å². The second-order valence-corrected chi connectivity index (χ2v) is 4.44. The molecule has 0 bridgehead atoms. The lowest BCUT2D eigenvalue weighted by Crippen LogP contribution is -2.48. The number of likely N-dealkylation sites (tertiary alicyclic amines) is 1. The van der Waals surface area contributed by atoms with Gasteiger partial charge in [-0.15, -0.1) is 0 Å². The molecule has 1 saturated heterocycles. The number of carboxylic acids is 1. The lowest BCUT2D eigenvalue weighted by atomic mass is 10.0. The number of urea groups is 1. The van der Waals surface area contributed by atoms with Gasteiger partial charge in [-0.25, -0.2) is 18.4 Å². The Labute approximate surface area is 109 Å². The van der Waals surface area contributed by atoms with E-state index in [0.29, 0.717) is 13.0 Å². The van der Waals surface area contributed by atoms with Gasteiger partial charge in [0.2, 0.25) is 0 Å². The molecular formula is C11H18F2N2O4. The lowest BCUT2D eigenvalue weighted by molar-refractivity contribution is -0.142. The fourth-order valence-electron chi connectivity index (χ4n) is 2.06. The third-order valence-corrected chi connectivity index (χ3v) is 2.98. The van der Waals surface area contributed by atoms with Crippen LogP contribution in [0.3, 0.4) is 0 Å². The molecule has 2 N–H and O–H groups in total. The molecule has 1 heterocycles. The summed E-state index contributed by atoms with van der Waals surface area (Å²) in [5.41, 5.74) is 0. The van der Waals surface area contributed by atoms with Crippen LogP contribution in [0.4, 0.5) is 13.6 Å². The normalized spacial score (nSPS) is 22.8. The second-order valence-electron chi connectivity index (χ2n) is 4.44. The van der Waals surface area contributed by atoms with Crippen molar-refractivity contribution in [2.45, 2.75) is 25.8 Å². The number of rotatable bonds is 6. The molecule has 2 amide bonds. The summed E-state index contributed by atoms with van der Waals surface area (Å²) in [5, 5.41) is 11.5. The molecule has 0 radical (unpaired) electrons. The maximum absolute atomic E-state index is 11.8. The average molecular weight is 280 g/mol. The Balaban J connectivity index is 2.31. The summed E-state index contributed by atoms with van der Waals surface area (Å²) in [4.78, 5) is 24.0. The van der Waals surface area contributed by atoms with Crippen LogP contribution < -0.4 is 5.32 Å². The van der Waals surface area contributed by atoms with E-state index in [2.05, 4.69) is 10.1 Å². The number of ether oxygens (including phenoxy) is 1. The zero-order valence-electron chi connectivity index (χ0n) is 10.6. The lowest BCUT2D eigenvalue weighted by Gasteiger charge is -2.23. The summed E-state index contributed by atoms with van der Waals surface area (Å²) in [7, 11) is 0. The first-order chi connectivity index (χ1) is 8.93. The van der Waals surface area contributed by atoms with E-state index in [0.717, 1.165) is 0 Å². The van der Waals surface area contributed by atoms with Gasteiger partial charge in [0.1, 0.15) is 12.6 Å². The van der Waals surface area contributed by atoms with E-state index in [4.69, 9.17) is 5.11 Å². The maximum atomic E-state index is 11.8. The van der Waals surface area contributed by atoms with Gasteiger partial charge in [-0.2, -0.15) is 0 Å². The third-order valence-electron chi connectivity index (χ3n) is 2.98. The van der Waals surface area contributed by atoms with Gasteiger partial charge >= 0.3 is 12.0 Å². The van der Waals surface area contributed by atoms with E-state index in [9.17, 15) is 18.4 Å². The van der Waals surface area contributed by atoms with Crippen LogP contribution in [0.25, 0.3) is 0 Å². The number of carbonyl (C=O) groups excluding carboxylic acids is 1. The van der Waals surface area contributed by atoms with Crippen molar-refractivity contribution in [1.82, 2.24) is 10.2 Å². The number of hydrogen-bond donors (Lipinski definition) is 2. The molecule has 0 spiro atoms. The highest BCUT2D eigenvalue weighted by Crippen LogP contribution is 2.23. The minimum Gasteiger partial charge on any atom is -0.480 e. The Morgan fingerprint density at radius 1 is 1.53 bits per heavy atom. The molecule has 19 heavy (non-hydrogen) atoms. The van der Waals surface area contributed by atoms with Gasteiger partial charge in [-0.05, 0) is 12.3 Å². The van der Waals surface area contributed by atoms with Crippen molar-refractivity contribution < 1.29 is 28.2 Å². The minimum atomic E-state index is -2.54. The van der Waals surface area contributed by atoms with Gasteiger partial charge in [0.05, 0.1) is 6.61 Å². The molecule has 1 fully saturated rings. The predicted octanol–water partition coefficient (Wildman–Crippen LogP) is 0.773. The number of nitrogens with one attached hydrogen (secondary N) is 1. The molecule has 0 saturated carbocycles. The fraction of sp³-hybridized carbons (Fsp3) is 0.818. The summed E-state index contributed by atoms with van der Waals surface area (Å²) >= 11 is 0. The van der Waals surface area contributed by atoms with Crippen LogP contribution >= 0.6 is 0 Å². The molecule has 1 aliphatic heterocycles. The number of carboxylic acid groups (broad SMARTS) is 1. The Kier molecular flexibility index (Phi) is 5.94. The van der Waals surface area contributed by atoms with Crippen molar-refractivity contribution in [3.05, 3.63) is 0 Å². The maximum Gasteiger partial charge on any atom is 0.326 e. The molecule has 6 nitrogen and oxygen atoms in total. The van der Waals surface area contributed by atoms with Crippen LogP contribution in [-0.2, 0) is 9.53 Å². The highest BCUT2D eigenvalue weighted by atomic mass is 19.3. The van der Waals surface area contributed by atoms with Gasteiger partial charge in [0.15, 0.2) is 0 Å².